The number of nitrogens with one attached hydrogen (secondary N) is 1. The summed E-state index contributed by atoms with van der Waals surface area (Å²) in [6, 6.07) is 11.8. The fourth-order valence-corrected chi connectivity index (χ4v) is 2.82. The molecule has 0 amide bonds. The second-order valence-corrected chi connectivity index (χ2v) is 6.11. The number of nitrogens with two attached hydrogens (primary N) is 1. The molecule has 2 aromatic rings. The molecule has 6 heteroatoms. The van der Waals surface area contributed by atoms with E-state index in [4.69, 9.17) is 10.5 Å². The average Bonchev–Trinajstić information content (AvgIpc) is 3.07. The third-order valence-corrected chi connectivity index (χ3v) is 4.10. The zero-order valence-electron chi connectivity index (χ0n) is 13.9. The van der Waals surface area contributed by atoms with Crippen molar-refractivity contribution in [2.75, 3.05) is 18.5 Å². The number of fused-ring (bicyclic) bond motifs is 1. The Hall–Kier alpha value is -2.60. The van der Waals surface area contributed by atoms with Crippen LogP contribution in [0.1, 0.15) is 17.5 Å². The molecule has 1 unspecified atom stereocenters. The van der Waals surface area contributed by atoms with Crippen LogP contribution < -0.4 is 15.8 Å². The van der Waals surface area contributed by atoms with Crippen molar-refractivity contribution in [3.8, 4) is 5.75 Å². The van der Waals surface area contributed by atoms with Crippen molar-refractivity contribution < 1.29 is 14.2 Å². The number of hydrogen-bond donors (Lipinski definition) is 3. The van der Waals surface area contributed by atoms with Crippen LogP contribution in [0.2, 0.25) is 0 Å². The maximum absolute atomic E-state index is 12.8. The number of hydrogen-bond acceptors (Lipinski definition) is 3. The fraction of sp³-hybridized carbons (Fsp3) is 0.316. The van der Waals surface area contributed by atoms with E-state index in [1.165, 1.54) is 41.8 Å². The van der Waals surface area contributed by atoms with Crippen molar-refractivity contribution in [2.24, 2.45) is 10.7 Å². The van der Waals surface area contributed by atoms with Gasteiger partial charge in [-0.2, -0.15) is 0 Å². The van der Waals surface area contributed by atoms with Gasteiger partial charge in [0.05, 0.1) is 6.54 Å². The number of benzene rings is 2. The molecule has 25 heavy (non-hydrogen) atoms. The quantitative estimate of drug-likeness (QED) is 0.556. The van der Waals surface area contributed by atoms with Gasteiger partial charge >= 0.3 is 0 Å². The van der Waals surface area contributed by atoms with Crippen LogP contribution in [-0.4, -0.2) is 30.3 Å². The highest BCUT2D eigenvalue weighted by Gasteiger charge is 2.11. The SMILES string of the molecule is NC(=NCC(O)COc1ccc(F)cc1)Nc1ccc2c(c1)CCC2. The number of ether oxygens (including phenoxy) is 1. The summed E-state index contributed by atoms with van der Waals surface area (Å²) in [5.74, 6) is 0.412. The number of aryl methyl sites for hydroxylation is 2. The monoisotopic (exact) mass is 343 g/mol. The van der Waals surface area contributed by atoms with Crippen LogP contribution in [0.5, 0.6) is 5.75 Å². The van der Waals surface area contributed by atoms with Gasteiger partial charge in [0.15, 0.2) is 5.96 Å². The predicted molar refractivity (Wildman–Crippen MR) is 96.5 cm³/mol. The number of halogens is 1. The lowest BCUT2D eigenvalue weighted by molar-refractivity contribution is 0.114. The van der Waals surface area contributed by atoms with Crippen molar-refractivity contribution in [2.45, 2.75) is 25.4 Å². The lowest BCUT2D eigenvalue weighted by Crippen LogP contribution is -2.27. The lowest BCUT2D eigenvalue weighted by Gasteiger charge is -2.12. The summed E-state index contributed by atoms with van der Waals surface area (Å²) in [6.07, 6.45) is 2.63. The highest BCUT2D eigenvalue weighted by Crippen LogP contribution is 2.24. The van der Waals surface area contributed by atoms with Crippen molar-refractivity contribution in [3.63, 3.8) is 0 Å². The molecule has 132 valence electrons. The van der Waals surface area contributed by atoms with Gasteiger partial charge < -0.3 is 20.9 Å². The van der Waals surface area contributed by atoms with E-state index < -0.39 is 6.10 Å². The minimum absolute atomic E-state index is 0.0568. The number of aliphatic imine (C=N–C) groups is 1. The van der Waals surface area contributed by atoms with Gasteiger partial charge in [-0.25, -0.2) is 4.39 Å². The van der Waals surface area contributed by atoms with Crippen molar-refractivity contribution in [3.05, 3.63) is 59.4 Å². The van der Waals surface area contributed by atoms with E-state index in [2.05, 4.69) is 22.4 Å². The summed E-state index contributed by atoms with van der Waals surface area (Å²) in [5, 5.41) is 13.0. The van der Waals surface area contributed by atoms with Gasteiger partial charge in [0.1, 0.15) is 24.3 Å². The average molecular weight is 343 g/mol. The third-order valence-electron chi connectivity index (χ3n) is 4.10. The molecule has 0 spiro atoms. The highest BCUT2D eigenvalue weighted by atomic mass is 19.1. The first-order valence-electron chi connectivity index (χ1n) is 8.35. The number of anilines is 1. The molecule has 3 rings (SSSR count). The second kappa shape index (κ2) is 7.98. The van der Waals surface area contributed by atoms with Crippen LogP contribution >= 0.6 is 0 Å². The Kier molecular flexibility index (Phi) is 5.50. The standard InChI is InChI=1S/C19H22FN3O2/c20-15-5-8-18(9-6-15)25-12-17(24)11-22-19(21)23-16-7-4-13-2-1-3-14(13)10-16/h4-10,17,24H,1-3,11-12H2,(H3,21,22,23). The molecule has 0 bridgehead atoms. The zero-order valence-corrected chi connectivity index (χ0v) is 13.9. The number of nitrogens with zero attached hydrogens (tertiary/aromatic N) is 1. The molecule has 0 aliphatic heterocycles. The summed E-state index contributed by atoms with van der Waals surface area (Å²) in [4.78, 5) is 4.13. The molecular formula is C19H22FN3O2. The molecule has 5 nitrogen and oxygen atoms in total. The van der Waals surface area contributed by atoms with Gasteiger partial charge in [-0.1, -0.05) is 6.07 Å². The summed E-state index contributed by atoms with van der Waals surface area (Å²) in [6.45, 7) is 0.173. The Balaban J connectivity index is 1.46. The Bertz CT molecular complexity index is 747. The Morgan fingerprint density at radius 2 is 1.96 bits per heavy atom. The maximum Gasteiger partial charge on any atom is 0.193 e. The number of aliphatic hydroxyl groups excluding tert-OH is 1. The van der Waals surface area contributed by atoms with Gasteiger partial charge in [-0.15, -0.1) is 0 Å². The number of aliphatic hydroxyl groups is 1. The highest BCUT2D eigenvalue weighted by molar-refractivity contribution is 5.92. The fourth-order valence-electron chi connectivity index (χ4n) is 2.82. The van der Waals surface area contributed by atoms with Crippen LogP contribution in [0.15, 0.2) is 47.5 Å². The van der Waals surface area contributed by atoms with Gasteiger partial charge in [0.2, 0.25) is 0 Å². The molecule has 1 aliphatic carbocycles. The number of rotatable bonds is 6. The molecule has 1 atom stereocenters. The molecule has 0 radical (unpaired) electrons. The molecular weight excluding hydrogens is 321 g/mol. The van der Waals surface area contributed by atoms with Crippen molar-refractivity contribution in [1.82, 2.24) is 0 Å². The van der Waals surface area contributed by atoms with Gasteiger partial charge in [-0.3, -0.25) is 4.99 Å². The number of guanidine groups is 1. The summed E-state index contributed by atoms with van der Waals surface area (Å²) in [7, 11) is 0. The largest absolute Gasteiger partial charge is 0.491 e. The van der Waals surface area contributed by atoms with Gasteiger partial charge in [0, 0.05) is 5.69 Å². The molecule has 0 saturated carbocycles. The zero-order chi connectivity index (χ0) is 17.6. The van der Waals surface area contributed by atoms with E-state index in [9.17, 15) is 9.50 Å². The van der Waals surface area contributed by atoms with E-state index in [1.54, 1.807) is 0 Å². The summed E-state index contributed by atoms with van der Waals surface area (Å²) in [5.41, 5.74) is 9.52. The first-order valence-corrected chi connectivity index (χ1v) is 8.35. The van der Waals surface area contributed by atoms with Gasteiger partial charge in [0.25, 0.3) is 0 Å². The smallest absolute Gasteiger partial charge is 0.193 e. The lowest BCUT2D eigenvalue weighted by atomic mass is 10.1. The topological polar surface area (TPSA) is 79.9 Å². The van der Waals surface area contributed by atoms with Crippen LogP contribution in [0, 0.1) is 5.82 Å². The summed E-state index contributed by atoms with van der Waals surface area (Å²) < 4.78 is 18.2. The van der Waals surface area contributed by atoms with E-state index in [0.29, 0.717) is 5.75 Å². The summed E-state index contributed by atoms with van der Waals surface area (Å²) >= 11 is 0. The Morgan fingerprint density at radius 1 is 1.20 bits per heavy atom. The first kappa shape index (κ1) is 17.2. The molecule has 0 saturated heterocycles. The second-order valence-electron chi connectivity index (χ2n) is 6.11. The Labute approximate surface area is 146 Å². The molecule has 1 aliphatic rings. The normalized spacial score (nSPS) is 14.9. The van der Waals surface area contributed by atoms with Crippen molar-refractivity contribution >= 4 is 11.6 Å². The van der Waals surface area contributed by atoms with E-state index in [1.807, 2.05) is 6.07 Å². The molecule has 0 heterocycles. The van der Waals surface area contributed by atoms with Crippen LogP contribution in [0.3, 0.4) is 0 Å². The van der Waals surface area contributed by atoms with Gasteiger partial charge in [-0.05, 0) is 66.8 Å². The minimum Gasteiger partial charge on any atom is -0.491 e. The minimum atomic E-state index is -0.801. The predicted octanol–water partition coefficient (Wildman–Crippen LogP) is 2.48. The van der Waals surface area contributed by atoms with E-state index >= 15 is 0 Å². The van der Waals surface area contributed by atoms with Crippen LogP contribution in [0.25, 0.3) is 0 Å². The molecule has 0 fully saturated rings. The van der Waals surface area contributed by atoms with Crippen LogP contribution in [-0.2, 0) is 12.8 Å². The third kappa shape index (κ3) is 4.93. The van der Waals surface area contributed by atoms with Crippen molar-refractivity contribution in [1.29, 1.82) is 0 Å². The molecule has 4 N–H and O–H groups in total. The van der Waals surface area contributed by atoms with E-state index in [0.717, 1.165) is 18.5 Å². The maximum atomic E-state index is 12.8. The first-order chi connectivity index (χ1) is 12.1. The molecule has 2 aromatic carbocycles. The molecule has 0 aromatic heterocycles. The Morgan fingerprint density at radius 3 is 2.76 bits per heavy atom. The van der Waals surface area contributed by atoms with Crippen LogP contribution in [0.4, 0.5) is 10.1 Å². The van der Waals surface area contributed by atoms with E-state index in [-0.39, 0.29) is 24.9 Å².